The van der Waals surface area contributed by atoms with Gasteiger partial charge < -0.3 is 5.32 Å². The van der Waals surface area contributed by atoms with E-state index in [1.165, 1.54) is 12.6 Å². The molecule has 118 valence electrons. The molecule has 0 spiro atoms. The topological polar surface area (TPSA) is 58.2 Å². The zero-order valence-electron chi connectivity index (χ0n) is 12.9. The lowest BCUT2D eigenvalue weighted by molar-refractivity contribution is 0.518. The molecule has 0 heterocycles. The van der Waals surface area contributed by atoms with E-state index in [2.05, 4.69) is 29.1 Å². The number of hydrogen-bond donors (Lipinski definition) is 2. The highest BCUT2D eigenvalue weighted by Gasteiger charge is 2.12. The van der Waals surface area contributed by atoms with Crippen molar-refractivity contribution in [1.29, 1.82) is 0 Å². The number of nitrogens with one attached hydrogen (secondary N) is 2. The molecule has 0 aliphatic rings. The molecule has 2 N–H and O–H groups in total. The normalized spacial score (nSPS) is 13.0. The Balaban J connectivity index is 2.10. The summed E-state index contributed by atoms with van der Waals surface area (Å²) in [6.07, 6.45) is 0.971. The molecular formula is C17H22N2O2S. The Morgan fingerprint density at radius 2 is 1.77 bits per heavy atom. The van der Waals surface area contributed by atoms with Gasteiger partial charge in [-0.2, -0.15) is 0 Å². The maximum absolute atomic E-state index is 11.8. The second kappa shape index (κ2) is 7.54. The predicted molar refractivity (Wildman–Crippen MR) is 89.0 cm³/mol. The van der Waals surface area contributed by atoms with Gasteiger partial charge in [-0.15, -0.1) is 0 Å². The van der Waals surface area contributed by atoms with Crippen LogP contribution in [0.15, 0.2) is 59.5 Å². The summed E-state index contributed by atoms with van der Waals surface area (Å²) in [5.74, 6) is 0. The first kappa shape index (κ1) is 16.7. The summed E-state index contributed by atoms with van der Waals surface area (Å²) in [6, 6.07) is 17.5. The van der Waals surface area contributed by atoms with E-state index < -0.39 is 10.0 Å². The Kier molecular flexibility index (Phi) is 5.71. The third-order valence-electron chi connectivity index (χ3n) is 3.64. The standard InChI is InChI=1S/C17H22N2O2S/c1-3-17(15-9-5-4-6-10-15)19-13-14-8-7-11-16(12-14)22(20,21)18-2/h4-12,17-19H,3,13H2,1-2H3/t17-/m1/s1. The Bertz CT molecular complexity index is 700. The van der Waals surface area contributed by atoms with Gasteiger partial charge in [0.2, 0.25) is 10.0 Å². The fourth-order valence-corrected chi connectivity index (χ4v) is 3.16. The van der Waals surface area contributed by atoms with E-state index in [0.29, 0.717) is 11.4 Å². The van der Waals surface area contributed by atoms with Gasteiger partial charge in [-0.05, 0) is 36.7 Å². The molecule has 5 heteroatoms. The fourth-order valence-electron chi connectivity index (χ4n) is 2.36. The maximum Gasteiger partial charge on any atom is 0.240 e. The molecule has 0 saturated heterocycles. The SMILES string of the molecule is CC[C@@H](NCc1cccc(S(=O)(=O)NC)c1)c1ccccc1. The predicted octanol–water partition coefficient (Wildman–Crippen LogP) is 2.84. The van der Waals surface area contributed by atoms with Gasteiger partial charge >= 0.3 is 0 Å². The lowest BCUT2D eigenvalue weighted by atomic mass is 10.0. The summed E-state index contributed by atoms with van der Waals surface area (Å²) in [7, 11) is -1.98. The molecule has 2 aromatic carbocycles. The lowest BCUT2D eigenvalue weighted by Gasteiger charge is -2.17. The largest absolute Gasteiger partial charge is 0.306 e. The number of rotatable bonds is 7. The monoisotopic (exact) mass is 318 g/mol. The maximum atomic E-state index is 11.8. The molecule has 0 aliphatic heterocycles. The van der Waals surface area contributed by atoms with Gasteiger partial charge in [0.1, 0.15) is 0 Å². The van der Waals surface area contributed by atoms with Crippen LogP contribution in [-0.4, -0.2) is 15.5 Å². The first-order chi connectivity index (χ1) is 10.6. The molecule has 22 heavy (non-hydrogen) atoms. The summed E-state index contributed by atoms with van der Waals surface area (Å²) in [6.45, 7) is 2.76. The molecule has 1 atom stereocenters. The highest BCUT2D eigenvalue weighted by atomic mass is 32.2. The van der Waals surface area contributed by atoms with Crippen molar-refractivity contribution in [2.24, 2.45) is 0 Å². The molecule has 4 nitrogen and oxygen atoms in total. The summed E-state index contributed by atoms with van der Waals surface area (Å²) in [4.78, 5) is 0.294. The minimum absolute atomic E-state index is 0.255. The van der Waals surface area contributed by atoms with E-state index >= 15 is 0 Å². The molecule has 0 amide bonds. The van der Waals surface area contributed by atoms with Crippen molar-refractivity contribution in [3.8, 4) is 0 Å². The molecule has 2 aromatic rings. The van der Waals surface area contributed by atoms with Crippen molar-refractivity contribution in [3.63, 3.8) is 0 Å². The fraction of sp³-hybridized carbons (Fsp3) is 0.294. The number of benzene rings is 2. The van der Waals surface area contributed by atoms with E-state index in [9.17, 15) is 8.42 Å². The quantitative estimate of drug-likeness (QED) is 0.825. The van der Waals surface area contributed by atoms with E-state index in [0.717, 1.165) is 12.0 Å². The molecule has 0 aliphatic carbocycles. The van der Waals surface area contributed by atoms with Gasteiger partial charge in [0, 0.05) is 12.6 Å². The third kappa shape index (κ3) is 4.16. The summed E-state index contributed by atoms with van der Waals surface area (Å²) in [5.41, 5.74) is 2.19. The second-order valence-electron chi connectivity index (χ2n) is 5.11. The van der Waals surface area contributed by atoms with Crippen LogP contribution in [0.2, 0.25) is 0 Å². The Morgan fingerprint density at radius 1 is 1.05 bits per heavy atom. The lowest BCUT2D eigenvalue weighted by Crippen LogP contribution is -2.21. The second-order valence-corrected chi connectivity index (χ2v) is 6.99. The van der Waals surface area contributed by atoms with Gasteiger partial charge in [-0.25, -0.2) is 13.1 Å². The number of hydrogen-bond acceptors (Lipinski definition) is 3. The smallest absolute Gasteiger partial charge is 0.240 e. The first-order valence-corrected chi connectivity index (χ1v) is 8.86. The zero-order valence-corrected chi connectivity index (χ0v) is 13.7. The van der Waals surface area contributed by atoms with Crippen LogP contribution in [0.3, 0.4) is 0 Å². The van der Waals surface area contributed by atoms with E-state index in [4.69, 9.17) is 0 Å². The average Bonchev–Trinajstić information content (AvgIpc) is 2.57. The van der Waals surface area contributed by atoms with Crippen LogP contribution in [0.4, 0.5) is 0 Å². The van der Waals surface area contributed by atoms with E-state index in [1.54, 1.807) is 18.2 Å². The average molecular weight is 318 g/mol. The van der Waals surface area contributed by atoms with Crippen LogP contribution >= 0.6 is 0 Å². The van der Waals surface area contributed by atoms with E-state index in [-0.39, 0.29) is 6.04 Å². The van der Waals surface area contributed by atoms with Crippen LogP contribution in [0.1, 0.15) is 30.5 Å². The molecule has 0 bridgehead atoms. The van der Waals surface area contributed by atoms with Crippen molar-refractivity contribution in [3.05, 3.63) is 65.7 Å². The minimum atomic E-state index is -3.39. The van der Waals surface area contributed by atoms with Gasteiger partial charge in [0.15, 0.2) is 0 Å². The summed E-state index contributed by atoms with van der Waals surface area (Å²) in [5, 5.41) is 3.48. The van der Waals surface area contributed by atoms with Crippen LogP contribution in [0, 0.1) is 0 Å². The zero-order chi connectivity index (χ0) is 16.0. The molecule has 0 saturated carbocycles. The minimum Gasteiger partial charge on any atom is -0.306 e. The molecule has 0 aromatic heterocycles. The molecular weight excluding hydrogens is 296 g/mol. The Morgan fingerprint density at radius 3 is 2.41 bits per heavy atom. The molecule has 0 fully saturated rings. The van der Waals surface area contributed by atoms with E-state index in [1.807, 2.05) is 24.3 Å². The van der Waals surface area contributed by atoms with Gasteiger partial charge in [0.05, 0.1) is 4.90 Å². The summed E-state index contributed by atoms with van der Waals surface area (Å²) >= 11 is 0. The summed E-state index contributed by atoms with van der Waals surface area (Å²) < 4.78 is 26.0. The number of sulfonamides is 1. The van der Waals surface area contributed by atoms with Crippen LogP contribution in [0.5, 0.6) is 0 Å². The van der Waals surface area contributed by atoms with Gasteiger partial charge in [-0.1, -0.05) is 49.4 Å². The van der Waals surface area contributed by atoms with Crippen LogP contribution in [0.25, 0.3) is 0 Å². The van der Waals surface area contributed by atoms with Crippen LogP contribution in [-0.2, 0) is 16.6 Å². The van der Waals surface area contributed by atoms with Crippen molar-refractivity contribution >= 4 is 10.0 Å². The first-order valence-electron chi connectivity index (χ1n) is 7.37. The Hall–Kier alpha value is -1.69. The molecule has 0 radical (unpaired) electrons. The van der Waals surface area contributed by atoms with Crippen molar-refractivity contribution < 1.29 is 8.42 Å². The van der Waals surface area contributed by atoms with Crippen molar-refractivity contribution in [1.82, 2.24) is 10.0 Å². The molecule has 2 rings (SSSR count). The Labute approximate surface area is 132 Å². The van der Waals surface area contributed by atoms with Crippen LogP contribution < -0.4 is 10.0 Å². The van der Waals surface area contributed by atoms with Gasteiger partial charge in [0.25, 0.3) is 0 Å². The third-order valence-corrected chi connectivity index (χ3v) is 5.05. The van der Waals surface area contributed by atoms with Crippen molar-refractivity contribution in [2.75, 3.05) is 7.05 Å². The highest BCUT2D eigenvalue weighted by molar-refractivity contribution is 7.89. The van der Waals surface area contributed by atoms with Gasteiger partial charge in [-0.3, -0.25) is 0 Å². The van der Waals surface area contributed by atoms with Crippen molar-refractivity contribution in [2.45, 2.75) is 30.8 Å². The highest BCUT2D eigenvalue weighted by Crippen LogP contribution is 2.17. The molecule has 0 unspecified atom stereocenters.